The van der Waals surface area contributed by atoms with Crippen LogP contribution in [0.1, 0.15) is 19.8 Å². The second kappa shape index (κ2) is 9.62. The number of ether oxygens (including phenoxy) is 2. The van der Waals surface area contributed by atoms with Crippen molar-refractivity contribution < 1.29 is 17.9 Å². The van der Waals surface area contributed by atoms with Crippen molar-refractivity contribution in [3.63, 3.8) is 0 Å². The maximum absolute atomic E-state index is 12.6. The zero-order chi connectivity index (χ0) is 23.4. The molecular weight excluding hydrogens is 444 g/mol. The third kappa shape index (κ3) is 5.51. The Morgan fingerprint density at radius 3 is 2.36 bits per heavy atom. The van der Waals surface area contributed by atoms with Crippen LogP contribution in [0.25, 0.3) is 5.69 Å². The summed E-state index contributed by atoms with van der Waals surface area (Å²) < 4.78 is 36.1. The molecule has 1 fully saturated rings. The lowest BCUT2D eigenvalue weighted by Crippen LogP contribution is -2.38. The fourth-order valence-electron chi connectivity index (χ4n) is 3.69. The molecule has 10 heteroatoms. The monoisotopic (exact) mass is 470 g/mol. The van der Waals surface area contributed by atoms with Crippen LogP contribution < -0.4 is 19.9 Å². The van der Waals surface area contributed by atoms with E-state index in [1.54, 1.807) is 36.8 Å². The molecule has 0 N–H and O–H groups in total. The first-order valence-corrected chi connectivity index (χ1v) is 12.6. The van der Waals surface area contributed by atoms with Gasteiger partial charge in [0.05, 0.1) is 23.9 Å². The topological polar surface area (TPSA) is 104 Å². The zero-order valence-corrected chi connectivity index (χ0v) is 19.4. The highest BCUT2D eigenvalue weighted by Gasteiger charge is 2.22. The van der Waals surface area contributed by atoms with Crippen molar-refractivity contribution >= 4 is 15.7 Å². The molecule has 0 bridgehead atoms. The molecule has 0 spiro atoms. The molecule has 0 radical (unpaired) electrons. The van der Waals surface area contributed by atoms with Gasteiger partial charge in [-0.2, -0.15) is 0 Å². The Hall–Kier alpha value is -3.40. The number of hydrogen-bond donors (Lipinski definition) is 0. The van der Waals surface area contributed by atoms with E-state index in [4.69, 9.17) is 9.47 Å². The number of pyridine rings is 1. The van der Waals surface area contributed by atoms with Gasteiger partial charge < -0.3 is 14.4 Å². The average Bonchev–Trinajstić information content (AvgIpc) is 2.80. The van der Waals surface area contributed by atoms with Crippen LogP contribution in [0.4, 0.5) is 5.82 Å². The van der Waals surface area contributed by atoms with Gasteiger partial charge in [0.1, 0.15) is 17.7 Å². The molecule has 1 aliphatic heterocycles. The van der Waals surface area contributed by atoms with E-state index in [2.05, 4.69) is 14.9 Å². The van der Waals surface area contributed by atoms with Gasteiger partial charge in [0.15, 0.2) is 9.84 Å². The van der Waals surface area contributed by atoms with E-state index in [-0.39, 0.29) is 16.6 Å². The molecule has 3 aromatic rings. The lowest BCUT2D eigenvalue weighted by Gasteiger charge is -2.32. The van der Waals surface area contributed by atoms with Crippen molar-refractivity contribution in [1.82, 2.24) is 14.5 Å². The number of hydrogen-bond acceptors (Lipinski definition) is 8. The molecule has 174 valence electrons. The third-order valence-electron chi connectivity index (χ3n) is 5.41. The van der Waals surface area contributed by atoms with Gasteiger partial charge in [-0.05, 0) is 37.3 Å². The fourth-order valence-corrected chi connectivity index (χ4v) is 4.32. The van der Waals surface area contributed by atoms with E-state index in [0.29, 0.717) is 23.9 Å². The zero-order valence-electron chi connectivity index (χ0n) is 18.5. The molecule has 1 saturated heterocycles. The standard InChI is InChI=1S/C23H26N4O5S/c1-3-31-22-16-24-21(15-25-22)26-11-8-18(9-12-26)32-19-10-13-27(23(28)14-19)17-4-6-20(7-5-17)33(2,29)30/h4-7,10,13-16,18H,3,8-9,11-12H2,1-2H3. The van der Waals surface area contributed by atoms with E-state index in [9.17, 15) is 13.2 Å². The quantitative estimate of drug-likeness (QED) is 0.519. The van der Waals surface area contributed by atoms with Crippen molar-refractivity contribution in [1.29, 1.82) is 0 Å². The van der Waals surface area contributed by atoms with Crippen molar-refractivity contribution in [2.75, 3.05) is 30.9 Å². The number of nitrogens with zero attached hydrogens (tertiary/aromatic N) is 4. The molecule has 3 heterocycles. The van der Waals surface area contributed by atoms with Crippen LogP contribution in [0.2, 0.25) is 0 Å². The van der Waals surface area contributed by atoms with Crippen LogP contribution in [0, 0.1) is 0 Å². The second-order valence-electron chi connectivity index (χ2n) is 7.79. The predicted molar refractivity (Wildman–Crippen MR) is 124 cm³/mol. The minimum absolute atomic E-state index is 0.00111. The van der Waals surface area contributed by atoms with Gasteiger partial charge >= 0.3 is 0 Å². The average molecular weight is 471 g/mol. The minimum atomic E-state index is -3.29. The lowest BCUT2D eigenvalue weighted by molar-refractivity contribution is 0.170. The summed E-state index contributed by atoms with van der Waals surface area (Å²) >= 11 is 0. The number of sulfone groups is 1. The largest absolute Gasteiger partial charge is 0.490 e. The van der Waals surface area contributed by atoms with Crippen molar-refractivity contribution in [2.45, 2.75) is 30.8 Å². The second-order valence-corrected chi connectivity index (χ2v) is 9.80. The van der Waals surface area contributed by atoms with Gasteiger partial charge in [-0.25, -0.2) is 18.4 Å². The summed E-state index contributed by atoms with van der Waals surface area (Å²) in [5.74, 6) is 1.84. The van der Waals surface area contributed by atoms with Crippen LogP contribution in [-0.4, -0.2) is 55.0 Å². The van der Waals surface area contributed by atoms with Crippen LogP contribution >= 0.6 is 0 Å². The summed E-state index contributed by atoms with van der Waals surface area (Å²) in [7, 11) is -3.29. The summed E-state index contributed by atoms with van der Waals surface area (Å²) in [6.45, 7) is 4.01. The first kappa shape index (κ1) is 22.8. The molecule has 1 aliphatic rings. The van der Waals surface area contributed by atoms with Gasteiger partial charge in [-0.1, -0.05) is 0 Å². The van der Waals surface area contributed by atoms with E-state index >= 15 is 0 Å². The molecule has 9 nitrogen and oxygen atoms in total. The molecule has 0 amide bonds. The molecule has 33 heavy (non-hydrogen) atoms. The van der Waals surface area contributed by atoms with Crippen molar-refractivity contribution in [2.24, 2.45) is 0 Å². The molecule has 0 saturated carbocycles. The third-order valence-corrected chi connectivity index (χ3v) is 6.54. The van der Waals surface area contributed by atoms with Crippen molar-refractivity contribution in [3.8, 4) is 17.3 Å². The van der Waals surface area contributed by atoms with E-state index in [1.165, 1.54) is 22.8 Å². The Kier molecular flexibility index (Phi) is 6.64. The highest BCUT2D eigenvalue weighted by molar-refractivity contribution is 7.90. The molecule has 0 aliphatic carbocycles. The van der Waals surface area contributed by atoms with Gasteiger partial charge in [0.25, 0.3) is 5.56 Å². The molecule has 0 atom stereocenters. The van der Waals surface area contributed by atoms with E-state index < -0.39 is 9.84 Å². The SMILES string of the molecule is CCOc1cnc(N2CCC(Oc3ccn(-c4ccc(S(C)(=O)=O)cc4)c(=O)c3)CC2)cn1. The highest BCUT2D eigenvalue weighted by Crippen LogP contribution is 2.22. The summed E-state index contributed by atoms with van der Waals surface area (Å²) in [6, 6.07) is 9.40. The van der Waals surface area contributed by atoms with Gasteiger partial charge in [-0.15, -0.1) is 0 Å². The maximum Gasteiger partial charge on any atom is 0.258 e. The maximum atomic E-state index is 12.6. The normalized spacial score (nSPS) is 14.8. The predicted octanol–water partition coefficient (Wildman–Crippen LogP) is 2.48. The van der Waals surface area contributed by atoms with Crippen LogP contribution in [-0.2, 0) is 9.84 Å². The molecule has 1 aromatic carbocycles. The molecule has 0 unspecified atom stereocenters. The molecule has 4 rings (SSSR count). The Labute approximate surface area is 192 Å². The van der Waals surface area contributed by atoms with Crippen LogP contribution in [0.15, 0.2) is 64.7 Å². The summed E-state index contributed by atoms with van der Waals surface area (Å²) in [5.41, 5.74) is 0.338. The lowest BCUT2D eigenvalue weighted by atomic mass is 10.1. The summed E-state index contributed by atoms with van der Waals surface area (Å²) in [4.78, 5) is 23.7. The smallest absolute Gasteiger partial charge is 0.258 e. The van der Waals surface area contributed by atoms with Gasteiger partial charge in [-0.3, -0.25) is 9.36 Å². The Bertz CT molecular complexity index is 1250. The van der Waals surface area contributed by atoms with Gasteiger partial charge in [0, 0.05) is 50.1 Å². The number of benzene rings is 1. The number of anilines is 1. The number of piperidine rings is 1. The Balaban J connectivity index is 1.36. The summed E-state index contributed by atoms with van der Waals surface area (Å²) in [5, 5.41) is 0. The Morgan fingerprint density at radius 1 is 1.06 bits per heavy atom. The molecular formula is C23H26N4O5S. The summed E-state index contributed by atoms with van der Waals surface area (Å²) in [6.07, 6.45) is 7.73. The Morgan fingerprint density at radius 2 is 1.79 bits per heavy atom. The number of rotatable bonds is 7. The first-order valence-electron chi connectivity index (χ1n) is 10.7. The van der Waals surface area contributed by atoms with E-state index in [1.807, 2.05) is 6.92 Å². The van der Waals surface area contributed by atoms with Crippen molar-refractivity contribution in [3.05, 3.63) is 65.3 Å². The number of aromatic nitrogens is 3. The molecule has 2 aromatic heterocycles. The van der Waals surface area contributed by atoms with E-state index in [0.717, 1.165) is 38.0 Å². The fraction of sp³-hybridized carbons (Fsp3) is 0.348. The first-order chi connectivity index (χ1) is 15.8. The van der Waals surface area contributed by atoms with Crippen LogP contribution in [0.3, 0.4) is 0 Å². The van der Waals surface area contributed by atoms with Gasteiger partial charge in [0.2, 0.25) is 5.88 Å². The highest BCUT2D eigenvalue weighted by atomic mass is 32.2. The minimum Gasteiger partial charge on any atom is -0.490 e. The van der Waals surface area contributed by atoms with Crippen LogP contribution in [0.5, 0.6) is 11.6 Å².